The van der Waals surface area contributed by atoms with E-state index in [9.17, 15) is 4.79 Å². The van der Waals surface area contributed by atoms with Crippen LogP contribution in [-0.2, 0) is 0 Å². The second-order valence-corrected chi connectivity index (χ2v) is 6.29. The number of hydrogen-bond donors (Lipinski definition) is 1. The third kappa shape index (κ3) is 4.17. The Labute approximate surface area is 138 Å². The van der Waals surface area contributed by atoms with Crippen LogP contribution in [0.5, 0.6) is 0 Å². The van der Waals surface area contributed by atoms with E-state index in [1.54, 1.807) is 6.07 Å². The lowest BCUT2D eigenvalue weighted by Crippen LogP contribution is -2.39. The van der Waals surface area contributed by atoms with Crippen LogP contribution in [0, 0.1) is 0 Å². The third-order valence-electron chi connectivity index (χ3n) is 4.56. The van der Waals surface area contributed by atoms with Crippen molar-refractivity contribution in [2.45, 2.75) is 38.4 Å². The van der Waals surface area contributed by atoms with Gasteiger partial charge in [-0.3, -0.25) is 0 Å². The van der Waals surface area contributed by atoms with Crippen molar-refractivity contribution in [3.05, 3.63) is 40.8 Å². The van der Waals surface area contributed by atoms with Crippen LogP contribution in [0.25, 0.3) is 11.0 Å². The second kappa shape index (κ2) is 7.69. The SMILES string of the molecule is C[B]CCCN1CCC(Nc2cc(=O)oc3ccccc23)CC1. The Balaban J connectivity index is 1.62. The summed E-state index contributed by atoms with van der Waals surface area (Å²) < 4.78 is 5.26. The molecule has 1 aliphatic rings. The number of anilines is 1. The monoisotopic (exact) mass is 311 g/mol. The van der Waals surface area contributed by atoms with Gasteiger partial charge in [0, 0.05) is 30.6 Å². The Morgan fingerprint density at radius 2 is 2.09 bits per heavy atom. The van der Waals surface area contributed by atoms with Crippen molar-refractivity contribution in [2.24, 2.45) is 0 Å². The van der Waals surface area contributed by atoms with E-state index < -0.39 is 0 Å². The van der Waals surface area contributed by atoms with E-state index in [0.29, 0.717) is 11.6 Å². The summed E-state index contributed by atoms with van der Waals surface area (Å²) in [6, 6.07) is 9.70. The molecule has 1 saturated heterocycles. The molecule has 1 aromatic heterocycles. The fourth-order valence-electron chi connectivity index (χ4n) is 3.27. The van der Waals surface area contributed by atoms with Gasteiger partial charge < -0.3 is 14.6 Å². The molecule has 1 N–H and O–H groups in total. The van der Waals surface area contributed by atoms with Crippen LogP contribution in [0.4, 0.5) is 5.69 Å². The average molecular weight is 311 g/mol. The second-order valence-electron chi connectivity index (χ2n) is 6.29. The molecular formula is C18H24BN2O2. The van der Waals surface area contributed by atoms with E-state index in [1.807, 2.05) is 24.3 Å². The van der Waals surface area contributed by atoms with Gasteiger partial charge in [-0.15, -0.1) is 0 Å². The Hall–Kier alpha value is -1.75. The van der Waals surface area contributed by atoms with Crippen LogP contribution < -0.4 is 10.9 Å². The van der Waals surface area contributed by atoms with Gasteiger partial charge in [0.15, 0.2) is 0 Å². The molecule has 0 saturated carbocycles. The van der Waals surface area contributed by atoms with E-state index in [1.165, 1.54) is 19.3 Å². The largest absolute Gasteiger partial charge is 0.423 e. The quantitative estimate of drug-likeness (QED) is 0.505. The minimum atomic E-state index is -0.292. The molecule has 0 aliphatic carbocycles. The lowest BCUT2D eigenvalue weighted by molar-refractivity contribution is 0.219. The summed E-state index contributed by atoms with van der Waals surface area (Å²) in [4.78, 5) is 14.3. The zero-order valence-corrected chi connectivity index (χ0v) is 13.8. The molecule has 1 aliphatic heterocycles. The van der Waals surface area contributed by atoms with Gasteiger partial charge in [0.05, 0.1) is 5.69 Å². The Bertz CT molecular complexity index is 693. The zero-order valence-electron chi connectivity index (χ0n) is 13.8. The first-order valence-electron chi connectivity index (χ1n) is 8.56. The van der Waals surface area contributed by atoms with Gasteiger partial charge in [-0.25, -0.2) is 4.79 Å². The maximum absolute atomic E-state index is 11.7. The van der Waals surface area contributed by atoms with Gasteiger partial charge in [-0.05, 0) is 37.9 Å². The predicted octanol–water partition coefficient (Wildman–Crippen LogP) is 3.23. The van der Waals surface area contributed by atoms with Gasteiger partial charge in [-0.2, -0.15) is 0 Å². The average Bonchev–Trinajstić information content (AvgIpc) is 2.56. The minimum absolute atomic E-state index is 0.292. The molecule has 121 valence electrons. The van der Waals surface area contributed by atoms with Crippen molar-refractivity contribution in [3.63, 3.8) is 0 Å². The molecular weight excluding hydrogens is 287 g/mol. The summed E-state index contributed by atoms with van der Waals surface area (Å²) in [6.07, 6.45) is 4.68. The summed E-state index contributed by atoms with van der Waals surface area (Å²) >= 11 is 0. The van der Waals surface area contributed by atoms with Gasteiger partial charge in [0.2, 0.25) is 0 Å². The molecule has 5 heteroatoms. The molecule has 1 fully saturated rings. The summed E-state index contributed by atoms with van der Waals surface area (Å²) in [5, 5.41) is 4.54. The number of para-hydroxylation sites is 1. The van der Waals surface area contributed by atoms with Crippen LogP contribution in [0.2, 0.25) is 13.1 Å². The number of nitrogens with one attached hydrogen (secondary N) is 1. The predicted molar refractivity (Wildman–Crippen MR) is 96.6 cm³/mol. The van der Waals surface area contributed by atoms with Crippen LogP contribution >= 0.6 is 0 Å². The molecule has 0 bridgehead atoms. The van der Waals surface area contributed by atoms with Crippen LogP contribution in [0.15, 0.2) is 39.5 Å². The maximum atomic E-state index is 11.7. The van der Waals surface area contributed by atoms with E-state index >= 15 is 0 Å². The standard InChI is InChI=1S/C18H24BN2O2/c1-19-9-4-10-21-11-7-14(8-12-21)20-16-13-18(22)23-17-6-3-2-5-15(16)17/h2-3,5-6,13-14,20H,4,7-12H2,1H3. The summed E-state index contributed by atoms with van der Waals surface area (Å²) in [5.41, 5.74) is 1.26. The van der Waals surface area contributed by atoms with Crippen LogP contribution in [0.3, 0.4) is 0 Å². The Morgan fingerprint density at radius 3 is 2.87 bits per heavy atom. The molecule has 1 aromatic carbocycles. The Kier molecular flexibility index (Phi) is 5.39. The highest BCUT2D eigenvalue weighted by atomic mass is 16.4. The molecule has 2 aromatic rings. The normalized spacial score (nSPS) is 16.6. The zero-order chi connectivity index (χ0) is 16.1. The molecule has 0 atom stereocenters. The summed E-state index contributed by atoms with van der Waals surface area (Å²) in [6.45, 7) is 5.56. The molecule has 4 nitrogen and oxygen atoms in total. The highest BCUT2D eigenvalue weighted by molar-refractivity contribution is 6.33. The number of benzene rings is 1. The van der Waals surface area contributed by atoms with Crippen LogP contribution in [-0.4, -0.2) is 37.9 Å². The van der Waals surface area contributed by atoms with Crippen molar-refractivity contribution in [3.8, 4) is 0 Å². The topological polar surface area (TPSA) is 45.5 Å². The summed E-state index contributed by atoms with van der Waals surface area (Å²) in [5.74, 6) is 0. The molecule has 2 heterocycles. The molecule has 0 unspecified atom stereocenters. The molecule has 0 spiro atoms. The van der Waals surface area contributed by atoms with Crippen LogP contribution in [0.1, 0.15) is 19.3 Å². The molecule has 0 amide bonds. The Morgan fingerprint density at radius 1 is 1.30 bits per heavy atom. The molecule has 1 radical (unpaired) electrons. The number of fused-ring (bicyclic) bond motifs is 1. The lowest BCUT2D eigenvalue weighted by Gasteiger charge is -2.33. The fourth-order valence-corrected chi connectivity index (χ4v) is 3.27. The van der Waals surface area contributed by atoms with Gasteiger partial charge in [0.25, 0.3) is 0 Å². The maximum Gasteiger partial charge on any atom is 0.338 e. The molecule has 3 rings (SSSR count). The van der Waals surface area contributed by atoms with Crippen molar-refractivity contribution in [1.82, 2.24) is 4.90 Å². The molecule has 23 heavy (non-hydrogen) atoms. The van der Waals surface area contributed by atoms with Crippen molar-refractivity contribution >= 4 is 23.9 Å². The van der Waals surface area contributed by atoms with E-state index in [2.05, 4.69) is 24.3 Å². The number of likely N-dealkylation sites (tertiary alicyclic amines) is 1. The number of hydrogen-bond acceptors (Lipinski definition) is 4. The van der Waals surface area contributed by atoms with Gasteiger partial charge >= 0.3 is 5.63 Å². The first kappa shape index (κ1) is 16.1. The third-order valence-corrected chi connectivity index (χ3v) is 4.56. The first-order chi connectivity index (χ1) is 11.3. The van der Waals surface area contributed by atoms with Crippen molar-refractivity contribution < 1.29 is 4.42 Å². The highest BCUT2D eigenvalue weighted by Gasteiger charge is 2.19. The van der Waals surface area contributed by atoms with Gasteiger partial charge in [0.1, 0.15) is 12.9 Å². The van der Waals surface area contributed by atoms with E-state index in [-0.39, 0.29) is 5.63 Å². The number of rotatable bonds is 6. The van der Waals surface area contributed by atoms with Crippen molar-refractivity contribution in [1.29, 1.82) is 0 Å². The highest BCUT2D eigenvalue weighted by Crippen LogP contribution is 2.24. The van der Waals surface area contributed by atoms with E-state index in [0.717, 1.165) is 37.0 Å². The smallest absolute Gasteiger partial charge is 0.338 e. The van der Waals surface area contributed by atoms with Gasteiger partial charge in [-0.1, -0.05) is 25.3 Å². The van der Waals surface area contributed by atoms with Crippen molar-refractivity contribution in [2.75, 3.05) is 25.0 Å². The number of piperidine rings is 1. The number of nitrogens with zero attached hydrogens (tertiary/aromatic N) is 1. The van der Waals surface area contributed by atoms with E-state index in [4.69, 9.17) is 4.42 Å². The lowest BCUT2D eigenvalue weighted by atomic mass is 9.77. The summed E-state index contributed by atoms with van der Waals surface area (Å²) in [7, 11) is 2.24. The first-order valence-corrected chi connectivity index (χ1v) is 8.56. The minimum Gasteiger partial charge on any atom is -0.423 e. The fraction of sp³-hybridized carbons (Fsp3) is 0.500.